The summed E-state index contributed by atoms with van der Waals surface area (Å²) in [4.78, 5) is 25.2. The minimum Gasteiger partial charge on any atom is -0.497 e. The molecule has 0 aromatic heterocycles. The summed E-state index contributed by atoms with van der Waals surface area (Å²) in [5.41, 5.74) is 5.11. The van der Waals surface area contributed by atoms with Crippen LogP contribution >= 0.6 is 0 Å². The van der Waals surface area contributed by atoms with E-state index in [1.165, 1.54) is 14.0 Å². The van der Waals surface area contributed by atoms with Gasteiger partial charge in [-0.15, -0.1) is 0 Å². The van der Waals surface area contributed by atoms with Crippen LogP contribution in [-0.2, 0) is 16.1 Å². The van der Waals surface area contributed by atoms with E-state index in [0.717, 1.165) is 0 Å². The molecule has 1 heterocycles. The number of aliphatic hydroxyl groups is 1. The third kappa shape index (κ3) is 1.68. The maximum atomic E-state index is 13.3. The van der Waals surface area contributed by atoms with Gasteiger partial charge in [0.25, 0.3) is 5.79 Å². The van der Waals surface area contributed by atoms with Crippen molar-refractivity contribution in [2.75, 3.05) is 12.8 Å². The Morgan fingerprint density at radius 2 is 2.04 bits per heavy atom. The van der Waals surface area contributed by atoms with Crippen molar-refractivity contribution in [2.24, 2.45) is 0 Å². The normalized spacial score (nSPS) is 25.6. The van der Waals surface area contributed by atoms with Crippen LogP contribution in [0.4, 0.5) is 5.69 Å². The Morgan fingerprint density at radius 3 is 2.72 bits per heavy atom. The van der Waals surface area contributed by atoms with Gasteiger partial charge in [-0.1, -0.05) is 12.1 Å². The second kappa shape index (κ2) is 4.73. The number of anilines is 1. The Bertz CT molecular complexity index is 941. The molecular formula is C18H16N2O5. The number of carbonyl (C=O) groups is 2. The molecule has 0 spiro atoms. The number of benzene rings is 2. The summed E-state index contributed by atoms with van der Waals surface area (Å²) < 4.78 is 11.0. The zero-order valence-electron chi connectivity index (χ0n) is 13.6. The maximum absolute atomic E-state index is 13.3. The lowest BCUT2D eigenvalue weighted by Gasteiger charge is -2.34. The van der Waals surface area contributed by atoms with Crippen molar-refractivity contribution in [2.45, 2.75) is 18.2 Å². The first-order valence-electron chi connectivity index (χ1n) is 7.67. The standard InChI is InChI=1S/C18H16N2O5/c1-9(21)20-17-11-7-6-10(24-2)8-14(11)25-18(17,23)12-4-3-5-13(19)15(12)16(17)22/h3-8,23H,19H2,1-2H3,(H,20,21)/t17-,18-/m1/s1. The zero-order chi connectivity index (χ0) is 18.0. The second-order valence-corrected chi connectivity index (χ2v) is 6.14. The average Bonchev–Trinajstić information content (AvgIpc) is 2.92. The Labute approximate surface area is 143 Å². The molecule has 0 fully saturated rings. The zero-order valence-corrected chi connectivity index (χ0v) is 13.6. The van der Waals surface area contributed by atoms with Crippen LogP contribution in [0.1, 0.15) is 28.4 Å². The molecule has 4 rings (SSSR count). The fraction of sp³-hybridized carbons (Fsp3) is 0.222. The van der Waals surface area contributed by atoms with Gasteiger partial charge in [-0.25, -0.2) is 0 Å². The van der Waals surface area contributed by atoms with Crippen LogP contribution in [0.2, 0.25) is 0 Å². The Morgan fingerprint density at radius 1 is 1.28 bits per heavy atom. The number of nitrogens with two attached hydrogens (primary N) is 1. The van der Waals surface area contributed by atoms with Crippen molar-refractivity contribution in [3.05, 3.63) is 53.1 Å². The molecule has 128 valence electrons. The Balaban J connectivity index is 2.05. The third-order valence-corrected chi connectivity index (χ3v) is 4.75. The molecule has 0 saturated heterocycles. The predicted molar refractivity (Wildman–Crippen MR) is 88.2 cm³/mol. The monoisotopic (exact) mass is 340 g/mol. The van der Waals surface area contributed by atoms with Gasteiger partial charge in [-0.3, -0.25) is 9.59 Å². The Kier molecular flexibility index (Phi) is 2.93. The number of rotatable bonds is 2. The van der Waals surface area contributed by atoms with E-state index in [2.05, 4.69) is 5.32 Å². The molecule has 1 amide bonds. The highest BCUT2D eigenvalue weighted by atomic mass is 16.6. The van der Waals surface area contributed by atoms with Crippen LogP contribution in [-0.4, -0.2) is 23.9 Å². The lowest BCUT2D eigenvalue weighted by atomic mass is 9.83. The lowest BCUT2D eigenvalue weighted by Crippen LogP contribution is -2.59. The molecular weight excluding hydrogens is 324 g/mol. The molecule has 2 atom stereocenters. The van der Waals surface area contributed by atoms with Crippen LogP contribution in [0.25, 0.3) is 0 Å². The topological polar surface area (TPSA) is 111 Å². The molecule has 2 aromatic rings. The largest absolute Gasteiger partial charge is 0.497 e. The van der Waals surface area contributed by atoms with Crippen LogP contribution in [0.5, 0.6) is 11.5 Å². The van der Waals surface area contributed by atoms with Gasteiger partial charge < -0.3 is 25.6 Å². The highest BCUT2D eigenvalue weighted by Gasteiger charge is 2.71. The molecule has 2 aromatic carbocycles. The van der Waals surface area contributed by atoms with Gasteiger partial charge in [-0.05, 0) is 18.2 Å². The van der Waals surface area contributed by atoms with Crippen molar-refractivity contribution < 1.29 is 24.2 Å². The number of nitrogen functional groups attached to an aromatic ring is 1. The summed E-state index contributed by atoms with van der Waals surface area (Å²) in [6, 6.07) is 9.55. The van der Waals surface area contributed by atoms with E-state index in [-0.39, 0.29) is 22.6 Å². The summed E-state index contributed by atoms with van der Waals surface area (Å²) in [5.74, 6) is -2.32. The number of carbonyl (C=O) groups excluding carboxylic acids is 2. The van der Waals surface area contributed by atoms with E-state index >= 15 is 0 Å². The van der Waals surface area contributed by atoms with Gasteiger partial charge in [0.05, 0.1) is 12.7 Å². The fourth-order valence-electron chi connectivity index (χ4n) is 3.74. The van der Waals surface area contributed by atoms with Crippen LogP contribution < -0.4 is 20.5 Å². The summed E-state index contributed by atoms with van der Waals surface area (Å²) in [5, 5.41) is 14.0. The van der Waals surface area contributed by atoms with Crippen molar-refractivity contribution in [1.82, 2.24) is 5.32 Å². The third-order valence-electron chi connectivity index (χ3n) is 4.75. The van der Waals surface area contributed by atoms with E-state index in [1.807, 2.05) is 0 Å². The minimum atomic E-state index is -2.09. The molecule has 0 unspecified atom stereocenters. The molecule has 0 saturated carbocycles. The molecule has 2 aliphatic rings. The van der Waals surface area contributed by atoms with Gasteiger partial charge in [0.1, 0.15) is 11.5 Å². The minimum absolute atomic E-state index is 0.153. The van der Waals surface area contributed by atoms with Gasteiger partial charge in [0.2, 0.25) is 17.2 Å². The summed E-state index contributed by atoms with van der Waals surface area (Å²) in [6.07, 6.45) is 0. The number of ketones is 1. The second-order valence-electron chi connectivity index (χ2n) is 6.14. The van der Waals surface area contributed by atoms with Gasteiger partial charge >= 0.3 is 0 Å². The highest BCUT2D eigenvalue weighted by molar-refractivity contribution is 6.15. The summed E-state index contributed by atoms with van der Waals surface area (Å²) in [6.45, 7) is 1.27. The number of hydrogen-bond donors (Lipinski definition) is 3. The smallest absolute Gasteiger partial charge is 0.271 e. The molecule has 25 heavy (non-hydrogen) atoms. The first-order valence-corrected chi connectivity index (χ1v) is 7.67. The highest BCUT2D eigenvalue weighted by Crippen LogP contribution is 2.59. The molecule has 7 heteroatoms. The molecule has 0 bridgehead atoms. The fourth-order valence-corrected chi connectivity index (χ4v) is 3.74. The number of hydrogen-bond acceptors (Lipinski definition) is 6. The first-order chi connectivity index (χ1) is 11.8. The van der Waals surface area contributed by atoms with Crippen molar-refractivity contribution >= 4 is 17.4 Å². The van der Waals surface area contributed by atoms with E-state index in [9.17, 15) is 14.7 Å². The van der Waals surface area contributed by atoms with E-state index in [0.29, 0.717) is 11.3 Å². The molecule has 7 nitrogen and oxygen atoms in total. The van der Waals surface area contributed by atoms with Crippen molar-refractivity contribution in [3.63, 3.8) is 0 Å². The average molecular weight is 340 g/mol. The number of ether oxygens (including phenoxy) is 2. The van der Waals surface area contributed by atoms with Gasteiger partial charge in [0, 0.05) is 29.8 Å². The first kappa shape index (κ1) is 15.5. The SMILES string of the molecule is COc1ccc2c(c1)O[C@]1(O)c3cccc(N)c3C(=O)[C@]21NC(C)=O. The molecule has 1 aliphatic heterocycles. The summed E-state index contributed by atoms with van der Waals surface area (Å²) >= 11 is 0. The van der Waals surface area contributed by atoms with Gasteiger partial charge in [0.15, 0.2) is 0 Å². The number of Topliss-reactive ketones (excluding diaryl/α,β-unsaturated/α-hetero) is 1. The molecule has 0 radical (unpaired) electrons. The summed E-state index contributed by atoms with van der Waals surface area (Å²) in [7, 11) is 1.50. The number of fused-ring (bicyclic) bond motifs is 5. The number of amides is 1. The van der Waals surface area contributed by atoms with Gasteiger partial charge in [-0.2, -0.15) is 0 Å². The maximum Gasteiger partial charge on any atom is 0.271 e. The van der Waals surface area contributed by atoms with E-state index < -0.39 is 23.0 Å². The van der Waals surface area contributed by atoms with Crippen LogP contribution in [0, 0.1) is 0 Å². The van der Waals surface area contributed by atoms with E-state index in [1.54, 1.807) is 36.4 Å². The van der Waals surface area contributed by atoms with Crippen molar-refractivity contribution in [1.29, 1.82) is 0 Å². The number of nitrogens with one attached hydrogen (secondary N) is 1. The van der Waals surface area contributed by atoms with E-state index in [4.69, 9.17) is 15.2 Å². The Hall–Kier alpha value is -3.06. The lowest BCUT2D eigenvalue weighted by molar-refractivity contribution is -0.175. The molecule has 1 aliphatic carbocycles. The van der Waals surface area contributed by atoms with Crippen molar-refractivity contribution in [3.8, 4) is 11.5 Å². The van der Waals surface area contributed by atoms with Crippen LogP contribution in [0.3, 0.4) is 0 Å². The van der Waals surface area contributed by atoms with Crippen LogP contribution in [0.15, 0.2) is 36.4 Å². The molecule has 4 N–H and O–H groups in total. The quantitative estimate of drug-likeness (QED) is 0.705. The number of methoxy groups -OCH3 is 1. The predicted octanol–water partition coefficient (Wildman–Crippen LogP) is 1.04.